The van der Waals surface area contributed by atoms with Crippen LogP contribution in [-0.2, 0) is 4.74 Å². The Balaban J connectivity index is 2.14. The van der Waals surface area contributed by atoms with E-state index in [1.165, 1.54) is 0 Å². The van der Waals surface area contributed by atoms with Crippen LogP contribution in [0.4, 0.5) is 0 Å². The van der Waals surface area contributed by atoms with Gasteiger partial charge in [-0.05, 0) is 12.1 Å². The summed E-state index contributed by atoms with van der Waals surface area (Å²) in [6.45, 7) is 1.68. The smallest absolute Gasteiger partial charge is 0.254 e. The lowest BCUT2D eigenvalue weighted by Gasteiger charge is -2.34. The summed E-state index contributed by atoms with van der Waals surface area (Å²) in [4.78, 5) is 17.8. The second-order valence-corrected chi connectivity index (χ2v) is 3.93. The Kier molecular flexibility index (Phi) is 3.74. The van der Waals surface area contributed by atoms with Gasteiger partial charge in [0.05, 0.1) is 19.3 Å². The Bertz CT molecular complexity index is 358. The number of ether oxygens (including phenoxy) is 1. The van der Waals surface area contributed by atoms with Crippen molar-refractivity contribution < 1.29 is 9.53 Å². The molecule has 0 N–H and O–H groups in total. The van der Waals surface area contributed by atoms with Crippen molar-refractivity contribution in [3.05, 3.63) is 30.1 Å². The summed E-state index contributed by atoms with van der Waals surface area (Å²) < 4.78 is 5.30. The van der Waals surface area contributed by atoms with Crippen LogP contribution in [0.1, 0.15) is 10.4 Å². The Morgan fingerprint density at radius 2 is 2.31 bits per heavy atom. The van der Waals surface area contributed by atoms with Gasteiger partial charge in [-0.2, -0.15) is 0 Å². The molecule has 1 aliphatic rings. The molecule has 1 aromatic heterocycles. The van der Waals surface area contributed by atoms with Crippen molar-refractivity contribution in [3.8, 4) is 0 Å². The lowest BCUT2D eigenvalue weighted by Crippen LogP contribution is -2.49. The van der Waals surface area contributed by atoms with Gasteiger partial charge >= 0.3 is 0 Å². The van der Waals surface area contributed by atoms with Gasteiger partial charge in [-0.3, -0.25) is 9.78 Å². The van der Waals surface area contributed by atoms with Crippen LogP contribution in [0.15, 0.2) is 24.5 Å². The molecule has 2 heterocycles. The van der Waals surface area contributed by atoms with E-state index < -0.39 is 0 Å². The predicted octanol–water partition coefficient (Wildman–Crippen LogP) is 1.16. The first-order valence-electron chi connectivity index (χ1n) is 5.17. The molecule has 1 aliphatic heterocycles. The first-order valence-corrected chi connectivity index (χ1v) is 5.71. The molecule has 2 rings (SSSR count). The number of amides is 1. The molecule has 1 fully saturated rings. The second kappa shape index (κ2) is 5.27. The molecular weight excluding hydrogens is 228 g/mol. The maximum Gasteiger partial charge on any atom is 0.254 e. The topological polar surface area (TPSA) is 42.4 Å². The summed E-state index contributed by atoms with van der Waals surface area (Å²) in [5.41, 5.74) is 0.645. The van der Waals surface area contributed by atoms with E-state index in [2.05, 4.69) is 4.98 Å². The van der Waals surface area contributed by atoms with Gasteiger partial charge in [0.25, 0.3) is 5.91 Å². The maximum absolute atomic E-state index is 12.2. The van der Waals surface area contributed by atoms with Gasteiger partial charge in [0.1, 0.15) is 0 Å². The van der Waals surface area contributed by atoms with E-state index in [1.54, 1.807) is 29.4 Å². The monoisotopic (exact) mass is 240 g/mol. The van der Waals surface area contributed by atoms with E-state index in [4.69, 9.17) is 16.3 Å². The molecule has 1 amide bonds. The molecule has 0 aliphatic carbocycles. The molecule has 5 heteroatoms. The quantitative estimate of drug-likeness (QED) is 0.729. The first-order chi connectivity index (χ1) is 7.83. The van der Waals surface area contributed by atoms with Crippen molar-refractivity contribution in [1.29, 1.82) is 0 Å². The highest BCUT2D eigenvalue weighted by Gasteiger charge is 2.27. The summed E-state index contributed by atoms with van der Waals surface area (Å²) in [6, 6.07) is 3.39. The third-order valence-electron chi connectivity index (χ3n) is 2.59. The zero-order chi connectivity index (χ0) is 11.4. The zero-order valence-electron chi connectivity index (χ0n) is 8.80. The summed E-state index contributed by atoms with van der Waals surface area (Å²) >= 11 is 5.82. The van der Waals surface area contributed by atoms with Crippen molar-refractivity contribution in [2.75, 3.05) is 25.6 Å². The minimum Gasteiger partial charge on any atom is -0.377 e. The number of halogens is 1. The van der Waals surface area contributed by atoms with E-state index in [1.807, 2.05) is 0 Å². The predicted molar refractivity (Wildman–Crippen MR) is 60.6 cm³/mol. The number of rotatable bonds is 2. The normalized spacial score (nSPS) is 20.8. The van der Waals surface area contributed by atoms with Crippen LogP contribution in [-0.4, -0.2) is 47.5 Å². The van der Waals surface area contributed by atoms with Crippen molar-refractivity contribution in [3.63, 3.8) is 0 Å². The number of carbonyl (C=O) groups excluding carboxylic acids is 1. The van der Waals surface area contributed by atoms with Crippen LogP contribution >= 0.6 is 11.6 Å². The van der Waals surface area contributed by atoms with Gasteiger partial charge < -0.3 is 9.64 Å². The van der Waals surface area contributed by atoms with Gasteiger partial charge in [-0.15, -0.1) is 11.6 Å². The van der Waals surface area contributed by atoms with Crippen molar-refractivity contribution in [1.82, 2.24) is 9.88 Å². The minimum absolute atomic E-state index is 0.00338. The highest BCUT2D eigenvalue weighted by atomic mass is 35.5. The van der Waals surface area contributed by atoms with Crippen molar-refractivity contribution in [2.24, 2.45) is 0 Å². The van der Waals surface area contributed by atoms with E-state index in [0.717, 1.165) is 0 Å². The Hall–Kier alpha value is -1.13. The molecule has 16 heavy (non-hydrogen) atoms. The minimum atomic E-state index is -0.0314. The van der Waals surface area contributed by atoms with Gasteiger partial charge in [0.15, 0.2) is 0 Å². The SMILES string of the molecule is O=C(c1ccncc1)N1CCOCC1CCl. The molecule has 1 atom stereocenters. The molecule has 0 radical (unpaired) electrons. The molecule has 0 spiro atoms. The third kappa shape index (κ3) is 2.33. The van der Waals surface area contributed by atoms with Gasteiger partial charge in [-0.25, -0.2) is 0 Å². The molecule has 0 saturated carbocycles. The van der Waals surface area contributed by atoms with Crippen LogP contribution in [0.2, 0.25) is 0 Å². The van der Waals surface area contributed by atoms with Crippen LogP contribution in [0, 0.1) is 0 Å². The number of alkyl halides is 1. The summed E-state index contributed by atoms with van der Waals surface area (Å²) in [5.74, 6) is 0.396. The number of aromatic nitrogens is 1. The molecule has 0 aromatic carbocycles. The van der Waals surface area contributed by atoms with Crippen LogP contribution in [0.3, 0.4) is 0 Å². The Morgan fingerprint density at radius 3 is 3.00 bits per heavy atom. The number of carbonyl (C=O) groups is 1. The number of morpholine rings is 1. The average molecular weight is 241 g/mol. The summed E-state index contributed by atoms with van der Waals surface area (Å²) in [7, 11) is 0. The van der Waals surface area contributed by atoms with Gasteiger partial charge in [0.2, 0.25) is 0 Å². The lowest BCUT2D eigenvalue weighted by molar-refractivity contribution is 0.00455. The number of nitrogens with zero attached hydrogens (tertiary/aromatic N) is 2. The number of hydrogen-bond acceptors (Lipinski definition) is 3. The summed E-state index contributed by atoms with van der Waals surface area (Å²) in [6.07, 6.45) is 3.23. The number of pyridine rings is 1. The Labute approximate surface area is 99.2 Å². The fourth-order valence-corrected chi connectivity index (χ4v) is 1.97. The third-order valence-corrected chi connectivity index (χ3v) is 2.95. The largest absolute Gasteiger partial charge is 0.377 e. The Morgan fingerprint density at radius 1 is 1.56 bits per heavy atom. The van der Waals surface area contributed by atoms with Crippen LogP contribution in [0.5, 0.6) is 0 Å². The van der Waals surface area contributed by atoms with E-state index in [0.29, 0.717) is 31.2 Å². The second-order valence-electron chi connectivity index (χ2n) is 3.62. The summed E-state index contributed by atoms with van der Waals surface area (Å²) in [5, 5.41) is 0. The highest BCUT2D eigenvalue weighted by Crippen LogP contribution is 2.13. The van der Waals surface area contributed by atoms with Crippen LogP contribution < -0.4 is 0 Å². The average Bonchev–Trinajstić information content (AvgIpc) is 2.39. The molecule has 4 nitrogen and oxygen atoms in total. The van der Waals surface area contributed by atoms with Crippen molar-refractivity contribution in [2.45, 2.75) is 6.04 Å². The van der Waals surface area contributed by atoms with E-state index in [-0.39, 0.29) is 11.9 Å². The van der Waals surface area contributed by atoms with E-state index >= 15 is 0 Å². The fourth-order valence-electron chi connectivity index (χ4n) is 1.71. The van der Waals surface area contributed by atoms with Gasteiger partial charge in [0, 0.05) is 30.4 Å². The van der Waals surface area contributed by atoms with Crippen molar-refractivity contribution >= 4 is 17.5 Å². The van der Waals surface area contributed by atoms with Gasteiger partial charge in [-0.1, -0.05) is 0 Å². The standard InChI is InChI=1S/C11H13ClN2O2/c12-7-10-8-16-6-5-14(10)11(15)9-1-3-13-4-2-9/h1-4,10H,5-8H2. The van der Waals surface area contributed by atoms with E-state index in [9.17, 15) is 4.79 Å². The maximum atomic E-state index is 12.2. The molecule has 1 saturated heterocycles. The zero-order valence-corrected chi connectivity index (χ0v) is 9.56. The molecule has 1 aromatic rings. The highest BCUT2D eigenvalue weighted by molar-refractivity contribution is 6.18. The fraction of sp³-hybridized carbons (Fsp3) is 0.455. The molecular formula is C11H13ClN2O2. The lowest BCUT2D eigenvalue weighted by atomic mass is 10.2. The van der Waals surface area contributed by atoms with Crippen LogP contribution in [0.25, 0.3) is 0 Å². The number of hydrogen-bond donors (Lipinski definition) is 0. The molecule has 86 valence electrons. The molecule has 0 bridgehead atoms. The molecule has 1 unspecified atom stereocenters. The first kappa shape index (κ1) is 11.4.